The summed E-state index contributed by atoms with van der Waals surface area (Å²) < 4.78 is 20.2. The molecule has 0 bridgehead atoms. The number of hydrogen-bond donors (Lipinski definition) is 2. The van der Waals surface area contributed by atoms with Crippen LogP contribution in [0.15, 0.2) is 60.9 Å². The predicted molar refractivity (Wildman–Crippen MR) is 154 cm³/mol. The van der Waals surface area contributed by atoms with Gasteiger partial charge in [-0.25, -0.2) is 19.3 Å². The van der Waals surface area contributed by atoms with E-state index in [0.717, 1.165) is 59.1 Å². The maximum absolute atomic E-state index is 13.7. The van der Waals surface area contributed by atoms with E-state index in [1.54, 1.807) is 19.3 Å². The lowest BCUT2D eigenvalue weighted by Gasteiger charge is -2.23. The zero-order valence-corrected chi connectivity index (χ0v) is 22.9. The Kier molecular flexibility index (Phi) is 7.43. The van der Waals surface area contributed by atoms with Crippen LogP contribution in [0.25, 0.3) is 22.0 Å². The van der Waals surface area contributed by atoms with Gasteiger partial charge in [-0.2, -0.15) is 0 Å². The number of carbonyl (C=O) groups excluding carboxylic acids is 1. The monoisotopic (exact) mass is 539 g/mol. The molecular weight excluding hydrogens is 505 g/mol. The minimum absolute atomic E-state index is 0.106. The van der Waals surface area contributed by atoms with Gasteiger partial charge in [-0.3, -0.25) is 4.79 Å². The van der Waals surface area contributed by atoms with Gasteiger partial charge in [-0.1, -0.05) is 30.3 Å². The van der Waals surface area contributed by atoms with Crippen molar-refractivity contribution in [3.8, 4) is 22.9 Å². The number of fused-ring (bicyclic) bond motifs is 1. The Hall–Kier alpha value is -3.91. The second kappa shape index (κ2) is 11.3. The van der Waals surface area contributed by atoms with Crippen LogP contribution in [-0.2, 0) is 11.2 Å². The smallest absolute Gasteiger partial charge is 0.228 e. The van der Waals surface area contributed by atoms with Gasteiger partial charge in [0.1, 0.15) is 17.7 Å². The zero-order chi connectivity index (χ0) is 27.6. The first-order valence-electron chi connectivity index (χ1n) is 14.1. The average Bonchev–Trinajstić information content (AvgIpc) is 3.78. The number of Topliss-reactive ketones (excluding diaryl/α,β-unsaturated/α-hetero) is 1. The average molecular weight is 540 g/mol. The third-order valence-corrected chi connectivity index (χ3v) is 8.04. The van der Waals surface area contributed by atoms with Crippen LogP contribution in [0.2, 0.25) is 0 Å². The van der Waals surface area contributed by atoms with Gasteiger partial charge in [0, 0.05) is 48.6 Å². The summed E-state index contributed by atoms with van der Waals surface area (Å²) in [6.07, 6.45) is 5.64. The molecule has 1 aliphatic heterocycles. The highest BCUT2D eigenvalue weighted by atomic mass is 19.1. The molecule has 1 aliphatic carbocycles. The van der Waals surface area contributed by atoms with Crippen molar-refractivity contribution in [2.75, 3.05) is 18.4 Å². The van der Waals surface area contributed by atoms with Crippen LogP contribution in [0.4, 0.5) is 10.3 Å². The quantitative estimate of drug-likeness (QED) is 0.267. The summed E-state index contributed by atoms with van der Waals surface area (Å²) in [5, 5.41) is 8.71. The molecule has 3 heterocycles. The second-order valence-corrected chi connectivity index (χ2v) is 11.0. The molecule has 2 N–H and O–H groups in total. The van der Waals surface area contributed by atoms with E-state index in [2.05, 4.69) is 20.6 Å². The maximum atomic E-state index is 13.7. The summed E-state index contributed by atoms with van der Waals surface area (Å²) in [5.41, 5.74) is 3.36. The predicted octanol–water partition coefficient (Wildman–Crippen LogP) is 6.06. The van der Waals surface area contributed by atoms with Crippen molar-refractivity contribution >= 4 is 22.5 Å². The number of aryl methyl sites for hydroxylation is 1. The number of alkyl halides is 1. The van der Waals surface area contributed by atoms with Gasteiger partial charge < -0.3 is 15.4 Å². The number of rotatable bonds is 9. The fourth-order valence-electron chi connectivity index (χ4n) is 5.70. The number of halogens is 1. The van der Waals surface area contributed by atoms with E-state index in [9.17, 15) is 9.18 Å². The molecule has 6 rings (SSSR count). The Bertz CT molecular complexity index is 1540. The van der Waals surface area contributed by atoms with E-state index in [4.69, 9.17) is 9.72 Å². The summed E-state index contributed by atoms with van der Waals surface area (Å²) in [6.45, 7) is 5.47. The van der Waals surface area contributed by atoms with Gasteiger partial charge in [-0.05, 0) is 74.4 Å². The van der Waals surface area contributed by atoms with Gasteiger partial charge in [0.05, 0.1) is 11.3 Å². The molecule has 206 valence electrons. The Balaban J connectivity index is 1.29. The van der Waals surface area contributed by atoms with E-state index in [1.807, 2.05) is 55.5 Å². The molecule has 7 nitrogen and oxygen atoms in total. The fraction of sp³-hybridized carbons (Fsp3) is 0.375. The summed E-state index contributed by atoms with van der Waals surface area (Å²) in [5.74, 6) is 1.51. The maximum Gasteiger partial charge on any atom is 0.228 e. The van der Waals surface area contributed by atoms with Crippen LogP contribution in [0, 0.1) is 18.8 Å². The number of carbonyl (C=O) groups is 1. The SMILES string of the molecule is Cc1ccc2c(CC(=O)[C@@H]3C[C@H]3C(C)F)cccc2c1Oc1ncccc1-c1ccnc(N[C@H]2CCCNC2)n1. The van der Waals surface area contributed by atoms with Gasteiger partial charge >= 0.3 is 0 Å². The first-order valence-corrected chi connectivity index (χ1v) is 14.1. The molecule has 0 amide bonds. The van der Waals surface area contributed by atoms with Crippen LogP contribution in [0.3, 0.4) is 0 Å². The summed E-state index contributed by atoms with van der Waals surface area (Å²) in [4.78, 5) is 26.7. The molecule has 1 saturated heterocycles. The summed E-state index contributed by atoms with van der Waals surface area (Å²) in [7, 11) is 0. The van der Waals surface area contributed by atoms with Gasteiger partial charge in [-0.15, -0.1) is 0 Å². The number of nitrogens with zero attached hydrogens (tertiary/aromatic N) is 3. The number of aromatic nitrogens is 3. The number of nitrogens with one attached hydrogen (secondary N) is 2. The first-order chi connectivity index (χ1) is 19.5. The Morgan fingerprint density at radius 3 is 2.83 bits per heavy atom. The van der Waals surface area contributed by atoms with Crippen molar-refractivity contribution < 1.29 is 13.9 Å². The van der Waals surface area contributed by atoms with Crippen molar-refractivity contribution in [2.45, 2.75) is 51.7 Å². The lowest BCUT2D eigenvalue weighted by Crippen LogP contribution is -2.38. The molecule has 40 heavy (non-hydrogen) atoms. The molecule has 2 aromatic carbocycles. The Labute approximate surface area is 233 Å². The van der Waals surface area contributed by atoms with Crippen LogP contribution < -0.4 is 15.4 Å². The van der Waals surface area contributed by atoms with E-state index in [1.165, 1.54) is 0 Å². The van der Waals surface area contributed by atoms with Crippen LogP contribution >= 0.6 is 0 Å². The van der Waals surface area contributed by atoms with Crippen molar-refractivity contribution in [1.29, 1.82) is 0 Å². The summed E-state index contributed by atoms with van der Waals surface area (Å²) in [6, 6.07) is 15.9. The van der Waals surface area contributed by atoms with Crippen molar-refractivity contribution in [2.24, 2.45) is 11.8 Å². The number of hydrogen-bond acceptors (Lipinski definition) is 7. The minimum Gasteiger partial charge on any atom is -0.437 e. The second-order valence-electron chi connectivity index (χ2n) is 11.0. The Morgan fingerprint density at radius 2 is 2.02 bits per heavy atom. The molecule has 1 saturated carbocycles. The number of piperidine rings is 1. The van der Waals surface area contributed by atoms with Crippen molar-refractivity contribution in [3.63, 3.8) is 0 Å². The molecule has 4 aromatic rings. The van der Waals surface area contributed by atoms with Gasteiger partial charge in [0.15, 0.2) is 0 Å². The third-order valence-electron chi connectivity index (χ3n) is 8.04. The molecule has 2 aromatic heterocycles. The number of benzene rings is 2. The highest BCUT2D eigenvalue weighted by molar-refractivity contribution is 5.96. The van der Waals surface area contributed by atoms with E-state index in [-0.39, 0.29) is 24.0 Å². The fourth-order valence-corrected chi connectivity index (χ4v) is 5.70. The molecule has 8 heteroatoms. The lowest BCUT2D eigenvalue weighted by atomic mass is 9.96. The standard InChI is InChI=1S/C32H34FN5O2/c1-19-10-11-23-21(16-29(39)27-17-26(27)20(2)33)6-3-8-24(23)30(19)40-31-25(9-5-14-35-31)28-12-15-36-32(38-28)37-22-7-4-13-34-18-22/h3,5-6,8-12,14-15,20,22,26-27,34H,4,7,13,16-18H2,1-2H3,(H,36,37,38)/t20?,22-,26-,27+/m0/s1. The molecule has 4 atom stereocenters. The van der Waals surface area contributed by atoms with Crippen LogP contribution in [0.5, 0.6) is 11.6 Å². The van der Waals surface area contributed by atoms with Crippen LogP contribution in [-0.4, -0.2) is 46.0 Å². The van der Waals surface area contributed by atoms with Crippen molar-refractivity contribution in [1.82, 2.24) is 20.3 Å². The summed E-state index contributed by atoms with van der Waals surface area (Å²) >= 11 is 0. The molecule has 2 aliphatic rings. The molecular formula is C32H34FN5O2. The van der Waals surface area contributed by atoms with Crippen LogP contribution in [0.1, 0.15) is 37.3 Å². The highest BCUT2D eigenvalue weighted by Gasteiger charge is 2.46. The topological polar surface area (TPSA) is 89.0 Å². The largest absolute Gasteiger partial charge is 0.437 e. The third kappa shape index (κ3) is 5.54. The molecule has 2 fully saturated rings. The zero-order valence-electron chi connectivity index (χ0n) is 22.9. The number of pyridine rings is 1. The Morgan fingerprint density at radius 1 is 1.12 bits per heavy atom. The van der Waals surface area contributed by atoms with E-state index >= 15 is 0 Å². The van der Waals surface area contributed by atoms with Gasteiger partial charge in [0.2, 0.25) is 11.8 Å². The first kappa shape index (κ1) is 26.3. The lowest BCUT2D eigenvalue weighted by molar-refractivity contribution is -0.120. The molecule has 0 spiro atoms. The van der Waals surface area contributed by atoms with E-state index < -0.39 is 6.17 Å². The molecule has 0 radical (unpaired) electrons. The minimum atomic E-state index is -0.942. The van der Waals surface area contributed by atoms with Gasteiger partial charge in [0.25, 0.3) is 0 Å². The van der Waals surface area contributed by atoms with Crippen molar-refractivity contribution in [3.05, 3.63) is 72.1 Å². The highest BCUT2D eigenvalue weighted by Crippen LogP contribution is 2.44. The number of anilines is 1. The normalized spacial score (nSPS) is 21.1. The molecule has 1 unspecified atom stereocenters. The van der Waals surface area contributed by atoms with E-state index in [0.29, 0.717) is 30.0 Å². The number of ether oxygens (including phenoxy) is 1. The number of ketones is 1.